The number of methoxy groups -OCH3 is 2. The Kier molecular flexibility index (Phi) is 8.99. The van der Waals surface area contributed by atoms with Crippen LogP contribution in [0.1, 0.15) is 18.4 Å². The number of piperidine rings is 1. The number of halogens is 2. The normalized spacial score (nSPS) is 15.1. The van der Waals surface area contributed by atoms with Crippen molar-refractivity contribution in [3.05, 3.63) is 46.0 Å². The summed E-state index contributed by atoms with van der Waals surface area (Å²) in [6, 6.07) is 2.01. The smallest absolute Gasteiger partial charge is 0.227 e. The van der Waals surface area contributed by atoms with Crippen molar-refractivity contribution < 1.29 is 14.2 Å². The van der Waals surface area contributed by atoms with Gasteiger partial charge in [-0.15, -0.1) is 0 Å². The number of nitrogens with zero attached hydrogens (tertiary/aromatic N) is 3. The molecule has 0 radical (unpaired) electrons. The van der Waals surface area contributed by atoms with Gasteiger partial charge in [0.2, 0.25) is 5.95 Å². The summed E-state index contributed by atoms with van der Waals surface area (Å²) < 4.78 is 16.3. The van der Waals surface area contributed by atoms with Gasteiger partial charge >= 0.3 is 0 Å². The molecular weight excluding hydrogens is 467 g/mol. The Hall–Kier alpha value is -2.75. The number of nitrogens with one attached hydrogen (secondary N) is 3. The van der Waals surface area contributed by atoms with E-state index in [0.717, 1.165) is 25.9 Å². The first-order valence-electron chi connectivity index (χ1n) is 10.4. The van der Waals surface area contributed by atoms with E-state index in [1.807, 2.05) is 0 Å². The van der Waals surface area contributed by atoms with Crippen molar-refractivity contribution in [2.24, 2.45) is 0 Å². The van der Waals surface area contributed by atoms with E-state index >= 15 is 0 Å². The lowest BCUT2D eigenvalue weighted by Gasteiger charge is -2.29. The van der Waals surface area contributed by atoms with Gasteiger partial charge in [0.25, 0.3) is 0 Å². The average Bonchev–Trinajstić information content (AvgIpc) is 2.83. The summed E-state index contributed by atoms with van der Waals surface area (Å²) in [5, 5.41) is 14.7. The number of aromatic nitrogens is 2. The van der Waals surface area contributed by atoms with Gasteiger partial charge in [-0.25, -0.2) is 9.97 Å². The zero-order chi connectivity index (χ0) is 23.8. The quantitative estimate of drug-likeness (QED) is 0.426. The van der Waals surface area contributed by atoms with Crippen molar-refractivity contribution in [3.63, 3.8) is 0 Å². The second-order valence-electron chi connectivity index (χ2n) is 7.53. The molecule has 0 atom stereocenters. The van der Waals surface area contributed by atoms with Crippen molar-refractivity contribution in [1.82, 2.24) is 20.2 Å². The maximum absolute atomic E-state index is 7.64. The number of anilines is 1. The number of benzene rings is 1. The lowest BCUT2D eigenvalue weighted by Crippen LogP contribution is -2.39. The van der Waals surface area contributed by atoms with Gasteiger partial charge in [-0.3, -0.25) is 0 Å². The van der Waals surface area contributed by atoms with E-state index < -0.39 is 0 Å². The summed E-state index contributed by atoms with van der Waals surface area (Å²) in [6.07, 6.45) is 8.19. The summed E-state index contributed by atoms with van der Waals surface area (Å²) >= 11 is 12.8. The van der Waals surface area contributed by atoms with Crippen molar-refractivity contribution in [2.75, 3.05) is 39.7 Å². The minimum Gasteiger partial charge on any atom is -0.495 e. The lowest BCUT2D eigenvalue weighted by molar-refractivity contribution is 0.244. The molecule has 2 heterocycles. The van der Waals surface area contributed by atoms with Crippen molar-refractivity contribution >= 4 is 35.4 Å². The topological polar surface area (TPSA) is 105 Å². The van der Waals surface area contributed by atoms with Gasteiger partial charge in [-0.1, -0.05) is 23.2 Å². The van der Waals surface area contributed by atoms with Crippen molar-refractivity contribution in [3.8, 4) is 17.2 Å². The summed E-state index contributed by atoms with van der Waals surface area (Å²) in [5.74, 6) is 1.65. The van der Waals surface area contributed by atoms with Crippen LogP contribution in [-0.4, -0.2) is 61.5 Å². The van der Waals surface area contributed by atoms with Gasteiger partial charge in [0, 0.05) is 30.1 Å². The zero-order valence-corrected chi connectivity index (χ0v) is 20.3. The maximum Gasteiger partial charge on any atom is 0.227 e. The molecule has 0 unspecified atom stereocenters. The second kappa shape index (κ2) is 11.9. The number of hydrogen-bond acceptors (Lipinski definition) is 9. The van der Waals surface area contributed by atoms with Crippen LogP contribution in [0.25, 0.3) is 0 Å². The van der Waals surface area contributed by atoms with E-state index in [9.17, 15) is 0 Å². The van der Waals surface area contributed by atoms with Crippen LogP contribution in [0.2, 0.25) is 10.0 Å². The monoisotopic (exact) mass is 494 g/mol. The predicted octanol–water partition coefficient (Wildman–Crippen LogP) is 3.97. The largest absolute Gasteiger partial charge is 0.495 e. The van der Waals surface area contributed by atoms with Gasteiger partial charge in [0.1, 0.15) is 18.1 Å². The molecule has 0 bridgehead atoms. The summed E-state index contributed by atoms with van der Waals surface area (Å²) in [4.78, 5) is 10.8. The molecule has 0 spiro atoms. The van der Waals surface area contributed by atoms with Crippen LogP contribution >= 0.6 is 23.2 Å². The molecule has 9 nitrogen and oxygen atoms in total. The molecular formula is C22H28Cl2N6O3. The Morgan fingerprint density at radius 1 is 1.15 bits per heavy atom. The molecule has 33 heavy (non-hydrogen) atoms. The molecule has 0 saturated carbocycles. The van der Waals surface area contributed by atoms with Crippen LogP contribution in [0.4, 0.5) is 5.95 Å². The van der Waals surface area contributed by atoms with Crippen molar-refractivity contribution in [1.29, 1.82) is 5.41 Å². The Bertz CT molecular complexity index is 951. The molecule has 178 valence electrons. The molecule has 1 aliphatic heterocycles. The van der Waals surface area contributed by atoms with E-state index in [1.165, 1.54) is 32.8 Å². The molecule has 3 rings (SSSR count). The highest BCUT2D eigenvalue weighted by Gasteiger charge is 2.18. The molecule has 1 aromatic carbocycles. The fraction of sp³-hybridized carbons (Fsp3) is 0.409. The third-order valence-corrected chi connectivity index (χ3v) is 6.11. The van der Waals surface area contributed by atoms with E-state index in [1.54, 1.807) is 12.3 Å². The first kappa shape index (κ1) is 24.9. The second-order valence-corrected chi connectivity index (χ2v) is 8.29. The highest BCUT2D eigenvalue weighted by Crippen LogP contribution is 2.40. The Balaban J connectivity index is 1.60. The van der Waals surface area contributed by atoms with Crippen LogP contribution in [-0.2, 0) is 6.61 Å². The highest BCUT2D eigenvalue weighted by molar-refractivity contribution is 6.37. The van der Waals surface area contributed by atoms with E-state index in [4.69, 9.17) is 42.8 Å². The molecule has 1 aromatic heterocycles. The van der Waals surface area contributed by atoms with Crippen LogP contribution < -0.4 is 24.8 Å². The van der Waals surface area contributed by atoms with E-state index in [0.29, 0.717) is 50.5 Å². The summed E-state index contributed by atoms with van der Waals surface area (Å²) in [6.45, 7) is 2.19. The Morgan fingerprint density at radius 2 is 1.76 bits per heavy atom. The van der Waals surface area contributed by atoms with Crippen LogP contribution in [0.15, 0.2) is 30.4 Å². The molecule has 11 heteroatoms. The number of rotatable bonds is 10. The molecule has 1 fully saturated rings. The minimum atomic E-state index is 0.0769. The molecule has 1 aliphatic rings. The predicted molar refractivity (Wildman–Crippen MR) is 130 cm³/mol. The van der Waals surface area contributed by atoms with Gasteiger partial charge < -0.3 is 35.2 Å². The zero-order valence-electron chi connectivity index (χ0n) is 18.8. The summed E-state index contributed by atoms with van der Waals surface area (Å²) in [7, 11) is 5.15. The standard InChI is InChI=1S/C22H28Cl2N6O3/c1-30-6-4-14(5-7-30)26-10-15(9-25)29-22-27-11-16(12-28-22)33-13-17-20(23)18(31-2)8-19(32-3)21(17)24/h8-12,14,25-26H,4-7,13H2,1-3H3,(H,27,28,29)/b15-10+,25-9?. The fourth-order valence-electron chi connectivity index (χ4n) is 3.30. The SMILES string of the molecule is COc1cc(OC)c(Cl)c(COc2cnc(N/C(C=N)=C/NC3CCN(C)CC3)nc2)c1Cl. The van der Waals surface area contributed by atoms with E-state index in [-0.39, 0.29) is 6.61 Å². The molecule has 0 amide bonds. The Morgan fingerprint density at radius 3 is 2.30 bits per heavy atom. The van der Waals surface area contributed by atoms with Crippen LogP contribution in [0, 0.1) is 5.41 Å². The Labute approximate surface area is 203 Å². The number of hydrogen-bond donors (Lipinski definition) is 3. The van der Waals surface area contributed by atoms with Gasteiger partial charge in [0.15, 0.2) is 5.75 Å². The first-order chi connectivity index (χ1) is 15.9. The van der Waals surface area contributed by atoms with E-state index in [2.05, 4.69) is 32.5 Å². The van der Waals surface area contributed by atoms with Gasteiger partial charge in [0.05, 0.1) is 42.4 Å². The number of allylic oxidation sites excluding steroid dienone is 1. The maximum atomic E-state index is 7.64. The van der Waals surface area contributed by atoms with Crippen molar-refractivity contribution in [2.45, 2.75) is 25.5 Å². The molecule has 0 aliphatic carbocycles. The fourth-order valence-corrected chi connectivity index (χ4v) is 3.91. The van der Waals surface area contributed by atoms with Gasteiger partial charge in [-0.2, -0.15) is 0 Å². The summed E-state index contributed by atoms with van der Waals surface area (Å²) in [5.41, 5.74) is 1.09. The lowest BCUT2D eigenvalue weighted by atomic mass is 10.1. The van der Waals surface area contributed by atoms with Crippen LogP contribution in [0.5, 0.6) is 17.2 Å². The van der Waals surface area contributed by atoms with Crippen LogP contribution in [0.3, 0.4) is 0 Å². The average molecular weight is 495 g/mol. The molecule has 1 saturated heterocycles. The third kappa shape index (κ3) is 6.63. The molecule has 2 aromatic rings. The first-order valence-corrected chi connectivity index (χ1v) is 11.2. The number of likely N-dealkylation sites (tertiary alicyclic amines) is 1. The molecule has 3 N–H and O–H groups in total. The van der Waals surface area contributed by atoms with Gasteiger partial charge in [-0.05, 0) is 33.0 Å². The third-order valence-electron chi connectivity index (χ3n) is 5.28. The highest BCUT2D eigenvalue weighted by atomic mass is 35.5. The number of ether oxygens (including phenoxy) is 3. The minimum absolute atomic E-state index is 0.0769.